The van der Waals surface area contributed by atoms with E-state index in [0.29, 0.717) is 37.7 Å². The Bertz CT molecular complexity index is 421. The van der Waals surface area contributed by atoms with Crippen LogP contribution in [0.1, 0.15) is 5.56 Å². The summed E-state index contributed by atoms with van der Waals surface area (Å²) in [5.41, 5.74) is 0.989. The van der Waals surface area contributed by atoms with E-state index in [4.69, 9.17) is 16.3 Å². The Labute approximate surface area is 120 Å². The van der Waals surface area contributed by atoms with Crippen LogP contribution in [0.15, 0.2) is 24.3 Å². The number of alkyl halides is 1. The molecule has 1 aliphatic rings. The molecule has 1 aromatic carbocycles. The molecule has 0 radical (unpaired) electrons. The lowest BCUT2D eigenvalue weighted by molar-refractivity contribution is -0.134. The predicted molar refractivity (Wildman–Crippen MR) is 75.3 cm³/mol. The number of nitrogens with zero attached hydrogens (tertiary/aromatic N) is 1. The zero-order valence-electron chi connectivity index (χ0n) is 9.94. The van der Waals surface area contributed by atoms with Crippen LogP contribution < -0.4 is 0 Å². The topological polar surface area (TPSA) is 29.5 Å². The summed E-state index contributed by atoms with van der Waals surface area (Å²) in [6.07, 6.45) is 0.607. The van der Waals surface area contributed by atoms with Gasteiger partial charge in [-0.1, -0.05) is 45.7 Å². The normalized spacial score (nSPS) is 17.6. The summed E-state index contributed by atoms with van der Waals surface area (Å²) >= 11 is 9.55. The fourth-order valence-electron chi connectivity index (χ4n) is 1.93. The number of amides is 1. The highest BCUT2D eigenvalue weighted by atomic mass is 79.9. The highest BCUT2D eigenvalue weighted by Crippen LogP contribution is 2.20. The van der Waals surface area contributed by atoms with Gasteiger partial charge in [-0.05, 0) is 18.1 Å². The van der Waals surface area contributed by atoms with Crippen molar-refractivity contribution in [1.29, 1.82) is 0 Å². The lowest BCUT2D eigenvalue weighted by Gasteiger charge is -2.28. The molecule has 0 N–H and O–H groups in total. The molecule has 98 valence electrons. The number of halogens is 2. The Morgan fingerprint density at radius 3 is 2.72 bits per heavy atom. The van der Waals surface area contributed by atoms with Gasteiger partial charge in [-0.25, -0.2) is 0 Å². The summed E-state index contributed by atoms with van der Waals surface area (Å²) in [5, 5.41) is 0.705. The summed E-state index contributed by atoms with van der Waals surface area (Å²) in [7, 11) is 0. The molecule has 0 aromatic heterocycles. The molecule has 1 fully saturated rings. The SMILES string of the molecule is O=C(C(Br)Cc1ccccc1Cl)N1CCOCC1. The third-order valence-corrected chi connectivity index (χ3v) is 4.03. The predicted octanol–water partition coefficient (Wildman–Crippen LogP) is 2.50. The highest BCUT2D eigenvalue weighted by molar-refractivity contribution is 9.10. The molecule has 2 rings (SSSR count). The summed E-state index contributed by atoms with van der Waals surface area (Å²) in [6.45, 7) is 2.59. The van der Waals surface area contributed by atoms with Crippen LogP contribution in [-0.2, 0) is 16.0 Å². The molecule has 1 amide bonds. The molecule has 1 aliphatic heterocycles. The molecule has 5 heteroatoms. The average molecular weight is 333 g/mol. The van der Waals surface area contributed by atoms with E-state index in [1.54, 1.807) is 0 Å². The number of morpholine rings is 1. The third kappa shape index (κ3) is 3.46. The van der Waals surface area contributed by atoms with Gasteiger partial charge in [-0.15, -0.1) is 0 Å². The van der Waals surface area contributed by atoms with Gasteiger partial charge in [0.1, 0.15) is 0 Å². The first-order valence-electron chi connectivity index (χ1n) is 5.92. The van der Waals surface area contributed by atoms with E-state index in [-0.39, 0.29) is 10.7 Å². The first kappa shape index (κ1) is 13.8. The Morgan fingerprint density at radius 2 is 2.06 bits per heavy atom. The van der Waals surface area contributed by atoms with E-state index in [2.05, 4.69) is 15.9 Å². The lowest BCUT2D eigenvalue weighted by atomic mass is 10.1. The molecule has 0 spiro atoms. The molecule has 1 heterocycles. The quantitative estimate of drug-likeness (QED) is 0.796. The monoisotopic (exact) mass is 331 g/mol. The molecular formula is C13H15BrClNO2. The van der Waals surface area contributed by atoms with Gasteiger partial charge in [0.2, 0.25) is 5.91 Å². The Hall–Kier alpha value is -0.580. The van der Waals surface area contributed by atoms with Crippen LogP contribution in [0.5, 0.6) is 0 Å². The van der Waals surface area contributed by atoms with E-state index in [1.165, 1.54) is 0 Å². The zero-order chi connectivity index (χ0) is 13.0. The first-order valence-corrected chi connectivity index (χ1v) is 7.22. The van der Waals surface area contributed by atoms with Crippen LogP contribution in [0.2, 0.25) is 5.02 Å². The minimum atomic E-state index is -0.226. The van der Waals surface area contributed by atoms with Crippen molar-refractivity contribution in [3.63, 3.8) is 0 Å². The van der Waals surface area contributed by atoms with E-state index < -0.39 is 0 Å². The summed E-state index contributed by atoms with van der Waals surface area (Å²) in [4.78, 5) is 13.8. The molecular weight excluding hydrogens is 318 g/mol. The Morgan fingerprint density at radius 1 is 1.39 bits per heavy atom. The number of hydrogen-bond donors (Lipinski definition) is 0. The smallest absolute Gasteiger partial charge is 0.236 e. The molecule has 1 atom stereocenters. The zero-order valence-corrected chi connectivity index (χ0v) is 12.3. The maximum atomic E-state index is 12.2. The van der Waals surface area contributed by atoms with Gasteiger partial charge in [0, 0.05) is 18.1 Å². The van der Waals surface area contributed by atoms with E-state index in [1.807, 2.05) is 29.2 Å². The van der Waals surface area contributed by atoms with Crippen molar-refractivity contribution in [2.45, 2.75) is 11.2 Å². The average Bonchev–Trinajstić information content (AvgIpc) is 2.41. The highest BCUT2D eigenvalue weighted by Gasteiger charge is 2.24. The summed E-state index contributed by atoms with van der Waals surface area (Å²) < 4.78 is 5.24. The van der Waals surface area contributed by atoms with Crippen LogP contribution in [0.3, 0.4) is 0 Å². The lowest BCUT2D eigenvalue weighted by Crippen LogP contribution is -2.44. The second-order valence-corrected chi connectivity index (χ2v) is 5.71. The Kier molecular flexibility index (Phi) is 5.03. The number of hydrogen-bond acceptors (Lipinski definition) is 2. The molecule has 1 aromatic rings. The number of rotatable bonds is 3. The van der Waals surface area contributed by atoms with Gasteiger partial charge in [0.25, 0.3) is 0 Å². The minimum Gasteiger partial charge on any atom is -0.378 e. The van der Waals surface area contributed by atoms with Crippen molar-refractivity contribution in [2.24, 2.45) is 0 Å². The van der Waals surface area contributed by atoms with Gasteiger partial charge in [-0.3, -0.25) is 4.79 Å². The number of carbonyl (C=O) groups is 1. The van der Waals surface area contributed by atoms with Crippen LogP contribution in [0, 0.1) is 0 Å². The molecule has 3 nitrogen and oxygen atoms in total. The molecule has 0 saturated carbocycles. The fraction of sp³-hybridized carbons (Fsp3) is 0.462. The van der Waals surface area contributed by atoms with Gasteiger partial charge in [-0.2, -0.15) is 0 Å². The van der Waals surface area contributed by atoms with Crippen molar-refractivity contribution in [3.05, 3.63) is 34.9 Å². The van der Waals surface area contributed by atoms with Gasteiger partial charge >= 0.3 is 0 Å². The largest absolute Gasteiger partial charge is 0.378 e. The van der Waals surface area contributed by atoms with Crippen molar-refractivity contribution >= 4 is 33.4 Å². The number of benzene rings is 1. The van der Waals surface area contributed by atoms with E-state index >= 15 is 0 Å². The van der Waals surface area contributed by atoms with Crippen molar-refractivity contribution in [3.8, 4) is 0 Å². The molecule has 0 aliphatic carbocycles. The van der Waals surface area contributed by atoms with Crippen LogP contribution in [-0.4, -0.2) is 41.9 Å². The number of carbonyl (C=O) groups excluding carboxylic acids is 1. The molecule has 1 unspecified atom stereocenters. The summed E-state index contributed by atoms with van der Waals surface area (Å²) in [6, 6.07) is 7.61. The van der Waals surface area contributed by atoms with Crippen molar-refractivity contribution in [2.75, 3.05) is 26.3 Å². The van der Waals surface area contributed by atoms with Gasteiger partial charge in [0.05, 0.1) is 18.0 Å². The molecule has 0 bridgehead atoms. The van der Waals surface area contributed by atoms with Gasteiger partial charge < -0.3 is 9.64 Å². The fourth-order valence-corrected chi connectivity index (χ4v) is 2.78. The molecule has 1 saturated heterocycles. The van der Waals surface area contributed by atoms with Crippen molar-refractivity contribution < 1.29 is 9.53 Å². The Balaban J connectivity index is 1.96. The maximum absolute atomic E-state index is 12.2. The van der Waals surface area contributed by atoms with Crippen LogP contribution >= 0.6 is 27.5 Å². The number of ether oxygens (including phenoxy) is 1. The summed E-state index contributed by atoms with van der Waals surface area (Å²) in [5.74, 6) is 0.109. The second-order valence-electron chi connectivity index (χ2n) is 4.20. The van der Waals surface area contributed by atoms with Crippen LogP contribution in [0.25, 0.3) is 0 Å². The third-order valence-electron chi connectivity index (χ3n) is 2.95. The van der Waals surface area contributed by atoms with Crippen LogP contribution in [0.4, 0.5) is 0 Å². The van der Waals surface area contributed by atoms with E-state index in [9.17, 15) is 4.79 Å². The maximum Gasteiger partial charge on any atom is 0.236 e. The molecule has 18 heavy (non-hydrogen) atoms. The second kappa shape index (κ2) is 6.55. The van der Waals surface area contributed by atoms with Gasteiger partial charge in [0.15, 0.2) is 0 Å². The standard InChI is InChI=1S/C13H15BrClNO2/c14-11(9-10-3-1-2-4-12(10)15)13(17)16-5-7-18-8-6-16/h1-4,11H,5-9H2. The minimum absolute atomic E-state index is 0.109. The first-order chi connectivity index (χ1) is 8.68. The van der Waals surface area contributed by atoms with Crippen molar-refractivity contribution in [1.82, 2.24) is 4.90 Å². The van der Waals surface area contributed by atoms with E-state index in [0.717, 1.165) is 5.56 Å².